The largest absolute Gasteiger partial charge is 0.508 e. The summed E-state index contributed by atoms with van der Waals surface area (Å²) in [5.41, 5.74) is 2.14. The van der Waals surface area contributed by atoms with Crippen molar-refractivity contribution in [1.29, 1.82) is 0 Å². The van der Waals surface area contributed by atoms with Crippen LogP contribution in [0, 0.1) is 23.2 Å². The zero-order valence-corrected chi connectivity index (χ0v) is 21.7. The van der Waals surface area contributed by atoms with E-state index in [0.29, 0.717) is 41.2 Å². The van der Waals surface area contributed by atoms with Gasteiger partial charge in [0.25, 0.3) is 0 Å². The smallest absolute Gasteiger partial charge is 0.242 e. The Hall–Kier alpha value is -2.70. The van der Waals surface area contributed by atoms with Crippen molar-refractivity contribution in [3.05, 3.63) is 71.8 Å². The van der Waals surface area contributed by atoms with Crippen LogP contribution in [0.4, 0.5) is 0 Å². The molecule has 2 saturated carbocycles. The van der Waals surface area contributed by atoms with Crippen LogP contribution in [0.1, 0.15) is 49.7 Å². The number of aromatic hydroxyl groups is 1. The van der Waals surface area contributed by atoms with E-state index in [9.17, 15) is 18.3 Å². The third-order valence-electron chi connectivity index (χ3n) is 9.47. The number of Topliss-reactive ketones (excluding diaryl/α,β-unsaturated/α-hetero) is 1. The Morgan fingerprint density at radius 1 is 1.03 bits per heavy atom. The Balaban J connectivity index is 1.30. The van der Waals surface area contributed by atoms with Crippen LogP contribution in [-0.4, -0.2) is 37.2 Å². The molecular weight excluding hydrogens is 470 g/mol. The molecule has 6 heteroatoms. The van der Waals surface area contributed by atoms with E-state index in [1.807, 2.05) is 36.4 Å². The average molecular weight is 504 g/mol. The third-order valence-corrected chi connectivity index (χ3v) is 11.3. The number of ketones is 1. The lowest BCUT2D eigenvalue weighted by Gasteiger charge is -2.50. The summed E-state index contributed by atoms with van der Waals surface area (Å²) in [5, 5.41) is 11.9. The minimum atomic E-state index is -3.68. The van der Waals surface area contributed by atoms with Crippen molar-refractivity contribution in [2.45, 2.75) is 49.8 Å². The van der Waals surface area contributed by atoms with Gasteiger partial charge in [0.15, 0.2) is 0 Å². The molecule has 0 bridgehead atoms. The zero-order chi connectivity index (χ0) is 25.2. The van der Waals surface area contributed by atoms with E-state index >= 15 is 0 Å². The molecule has 0 radical (unpaired) electrons. The quantitative estimate of drug-likeness (QED) is 0.509. The average Bonchev–Trinajstić information content (AvgIpc) is 3.12. The van der Waals surface area contributed by atoms with E-state index in [4.69, 9.17) is 0 Å². The number of nitrogens with zero attached hydrogens (tertiary/aromatic N) is 1. The fourth-order valence-electron chi connectivity index (χ4n) is 7.73. The highest BCUT2D eigenvalue weighted by molar-refractivity contribution is 7.89. The fourth-order valence-corrected chi connectivity index (χ4v) is 8.99. The van der Waals surface area contributed by atoms with Gasteiger partial charge >= 0.3 is 0 Å². The van der Waals surface area contributed by atoms with Crippen LogP contribution in [-0.2, 0) is 21.2 Å². The maximum Gasteiger partial charge on any atom is 0.242 e. The van der Waals surface area contributed by atoms with Crippen molar-refractivity contribution >= 4 is 26.6 Å². The first kappa shape index (κ1) is 23.7. The summed E-state index contributed by atoms with van der Waals surface area (Å²) in [6.45, 7) is 2.48. The number of sulfonamides is 1. The number of aryl methyl sites for hydroxylation is 1. The molecule has 5 nitrogen and oxygen atoms in total. The lowest BCUT2D eigenvalue weighted by Crippen LogP contribution is -2.46. The highest BCUT2D eigenvalue weighted by Gasteiger charge is 2.58. The SMILES string of the molecule is CN(C[C@H]1CC(=O)[C@@]2(C)CCC3c4ccc(O)cc4CCC3C12)S(=O)(=O)c1ccc2ccccc2c1. The summed E-state index contributed by atoms with van der Waals surface area (Å²) in [4.78, 5) is 13.6. The number of phenols is 1. The Labute approximate surface area is 213 Å². The van der Waals surface area contributed by atoms with Crippen LogP contribution in [0.5, 0.6) is 5.75 Å². The van der Waals surface area contributed by atoms with Crippen LogP contribution >= 0.6 is 0 Å². The lowest BCUT2D eigenvalue weighted by molar-refractivity contribution is -0.129. The topological polar surface area (TPSA) is 74.7 Å². The van der Waals surface area contributed by atoms with Gasteiger partial charge in [0.05, 0.1) is 4.90 Å². The molecule has 3 aliphatic carbocycles. The molecule has 3 aromatic carbocycles. The Morgan fingerprint density at radius 3 is 2.61 bits per heavy atom. The van der Waals surface area contributed by atoms with Gasteiger partial charge in [0.1, 0.15) is 11.5 Å². The predicted octanol–water partition coefficient (Wildman–Crippen LogP) is 5.52. The molecule has 2 fully saturated rings. The fraction of sp³-hybridized carbons (Fsp3) is 0.433. The first-order valence-corrected chi connectivity index (χ1v) is 14.4. The minimum absolute atomic E-state index is 0.00852. The summed E-state index contributed by atoms with van der Waals surface area (Å²) in [5.74, 6) is 1.50. The number of carbonyl (C=O) groups is 1. The molecular formula is C30H33NO4S. The van der Waals surface area contributed by atoms with Crippen molar-refractivity contribution < 1.29 is 18.3 Å². The maximum atomic E-state index is 13.6. The summed E-state index contributed by atoms with van der Waals surface area (Å²) < 4.78 is 28.6. The first-order chi connectivity index (χ1) is 17.2. The number of phenolic OH excluding ortho intramolecular Hbond substituents is 1. The van der Waals surface area contributed by atoms with Crippen molar-refractivity contribution in [2.24, 2.45) is 23.2 Å². The van der Waals surface area contributed by atoms with E-state index in [1.165, 1.54) is 15.4 Å². The minimum Gasteiger partial charge on any atom is -0.508 e. The predicted molar refractivity (Wildman–Crippen MR) is 140 cm³/mol. The number of hydrogen-bond acceptors (Lipinski definition) is 4. The monoisotopic (exact) mass is 503 g/mol. The van der Waals surface area contributed by atoms with E-state index in [-0.39, 0.29) is 17.3 Å². The summed E-state index contributed by atoms with van der Waals surface area (Å²) in [6.07, 6.45) is 4.13. The van der Waals surface area contributed by atoms with E-state index < -0.39 is 10.0 Å². The number of fused-ring (bicyclic) bond motifs is 6. The molecule has 36 heavy (non-hydrogen) atoms. The number of carbonyl (C=O) groups excluding carboxylic acids is 1. The van der Waals surface area contributed by atoms with Gasteiger partial charge in [-0.25, -0.2) is 12.7 Å². The molecule has 0 spiro atoms. The van der Waals surface area contributed by atoms with Gasteiger partial charge in [0, 0.05) is 25.4 Å². The summed E-state index contributed by atoms with van der Waals surface area (Å²) in [7, 11) is -2.02. The summed E-state index contributed by atoms with van der Waals surface area (Å²) in [6, 6.07) is 18.8. The molecule has 3 aliphatic rings. The lowest BCUT2D eigenvalue weighted by atomic mass is 9.54. The van der Waals surface area contributed by atoms with Crippen LogP contribution in [0.25, 0.3) is 10.8 Å². The van der Waals surface area contributed by atoms with Crippen molar-refractivity contribution in [3.63, 3.8) is 0 Å². The molecule has 0 saturated heterocycles. The van der Waals surface area contributed by atoms with Crippen LogP contribution in [0.2, 0.25) is 0 Å². The number of rotatable bonds is 4. The molecule has 6 rings (SSSR count). The third kappa shape index (κ3) is 3.60. The maximum absolute atomic E-state index is 13.6. The molecule has 0 amide bonds. The molecule has 3 unspecified atom stereocenters. The molecule has 1 N–H and O–H groups in total. The number of benzene rings is 3. The van der Waals surface area contributed by atoms with E-state index in [1.54, 1.807) is 25.2 Å². The second-order valence-electron chi connectivity index (χ2n) is 11.4. The molecule has 5 atom stereocenters. The molecule has 188 valence electrons. The molecule has 0 heterocycles. The molecule has 3 aromatic rings. The van der Waals surface area contributed by atoms with Gasteiger partial charge in [-0.3, -0.25) is 4.79 Å². The van der Waals surface area contributed by atoms with Gasteiger partial charge in [-0.1, -0.05) is 43.3 Å². The van der Waals surface area contributed by atoms with Gasteiger partial charge in [-0.15, -0.1) is 0 Å². The standard InChI is InChI=1S/C30H33NO4S/c1-30-14-13-26-25-12-9-23(32)15-21(25)8-11-27(26)29(30)22(17-28(30)33)18-31(2)36(34,35)24-10-7-19-5-3-4-6-20(19)16-24/h3-7,9-10,12,15-16,22,26-27,29,32H,8,11,13-14,17-18H2,1-2H3/t22-,26?,27?,29?,30-/m1/s1. The van der Waals surface area contributed by atoms with Gasteiger partial charge < -0.3 is 5.11 Å². The van der Waals surface area contributed by atoms with Gasteiger partial charge in [0.2, 0.25) is 10.0 Å². The second-order valence-corrected chi connectivity index (χ2v) is 13.4. The number of hydrogen-bond donors (Lipinski definition) is 1. The Bertz CT molecular complexity index is 1460. The van der Waals surface area contributed by atoms with Crippen LogP contribution in [0.3, 0.4) is 0 Å². The van der Waals surface area contributed by atoms with Crippen molar-refractivity contribution in [1.82, 2.24) is 4.31 Å². The van der Waals surface area contributed by atoms with Gasteiger partial charge in [-0.2, -0.15) is 0 Å². The van der Waals surface area contributed by atoms with Crippen molar-refractivity contribution in [2.75, 3.05) is 13.6 Å². The highest BCUT2D eigenvalue weighted by Crippen LogP contribution is 2.61. The van der Waals surface area contributed by atoms with Crippen molar-refractivity contribution in [3.8, 4) is 5.75 Å². The van der Waals surface area contributed by atoms with E-state index in [2.05, 4.69) is 13.0 Å². The highest BCUT2D eigenvalue weighted by atomic mass is 32.2. The second kappa shape index (κ2) is 8.42. The Kier molecular flexibility index (Phi) is 5.54. The summed E-state index contributed by atoms with van der Waals surface area (Å²) >= 11 is 0. The molecule has 0 aromatic heterocycles. The van der Waals surface area contributed by atoms with E-state index in [0.717, 1.165) is 36.5 Å². The molecule has 0 aliphatic heterocycles. The Morgan fingerprint density at radius 2 is 1.81 bits per heavy atom. The van der Waals surface area contributed by atoms with Gasteiger partial charge in [-0.05, 0) is 95.5 Å². The van der Waals surface area contributed by atoms with Crippen LogP contribution in [0.15, 0.2) is 65.6 Å². The normalized spacial score (nSPS) is 29.7. The van der Waals surface area contributed by atoms with Crippen LogP contribution < -0.4 is 0 Å². The first-order valence-electron chi connectivity index (χ1n) is 13.0. The zero-order valence-electron chi connectivity index (χ0n) is 20.9.